The van der Waals surface area contributed by atoms with Crippen LogP contribution in [0, 0.1) is 0 Å². The second-order valence-corrected chi connectivity index (χ2v) is 5.34. The molecule has 0 saturated heterocycles. The molecule has 1 aromatic heterocycles. The smallest absolute Gasteiger partial charge is 0.115 e. The Morgan fingerprint density at radius 3 is 2.52 bits per heavy atom. The average Bonchev–Trinajstić information content (AvgIpc) is 2.60. The molecule has 4 heteroatoms. The molecule has 0 aliphatic carbocycles. The molecule has 3 rings (SSSR count). The number of nitrogens with one attached hydrogen (secondary N) is 1. The van der Waals surface area contributed by atoms with Crippen LogP contribution in [0.4, 0.5) is 5.69 Å². The number of aromatic hydroxyl groups is 1. The molecule has 4 nitrogen and oxygen atoms in total. The number of aliphatic hydroxyl groups excluding tert-OH is 1. The highest BCUT2D eigenvalue weighted by Gasteiger charge is 2.02. The van der Waals surface area contributed by atoms with Gasteiger partial charge in [0.1, 0.15) is 5.75 Å². The number of phenolic OH excluding ortho intramolecular Hbond substituents is 1. The lowest BCUT2D eigenvalue weighted by Gasteiger charge is -2.09. The molecule has 0 amide bonds. The van der Waals surface area contributed by atoms with Crippen LogP contribution in [0.15, 0.2) is 67.0 Å². The summed E-state index contributed by atoms with van der Waals surface area (Å²) in [7, 11) is 0. The summed E-state index contributed by atoms with van der Waals surface area (Å²) >= 11 is 0. The number of nitrogens with zero attached hydrogens (tertiary/aromatic N) is 1. The third-order valence-corrected chi connectivity index (χ3v) is 3.59. The van der Waals surface area contributed by atoms with Crippen molar-refractivity contribution < 1.29 is 10.2 Å². The predicted molar refractivity (Wildman–Crippen MR) is 91.0 cm³/mol. The first-order valence-corrected chi connectivity index (χ1v) is 7.41. The summed E-state index contributed by atoms with van der Waals surface area (Å²) in [5.74, 6) is 0.261. The van der Waals surface area contributed by atoms with E-state index in [4.69, 9.17) is 0 Å². The van der Waals surface area contributed by atoms with E-state index in [1.54, 1.807) is 24.5 Å². The molecular weight excluding hydrogens is 288 g/mol. The predicted octanol–water partition coefficient (Wildman–Crippen LogP) is 3.56. The minimum absolute atomic E-state index is 0.0245. The Balaban J connectivity index is 1.77. The van der Waals surface area contributed by atoms with Crippen LogP contribution >= 0.6 is 0 Å². The number of rotatable bonds is 5. The summed E-state index contributed by atoms with van der Waals surface area (Å²) in [5, 5.41) is 22.0. The summed E-state index contributed by atoms with van der Waals surface area (Å²) < 4.78 is 0. The van der Waals surface area contributed by atoms with Gasteiger partial charge in [0.15, 0.2) is 0 Å². The van der Waals surface area contributed by atoms with Crippen LogP contribution in [0.25, 0.3) is 11.1 Å². The molecule has 1 heterocycles. The zero-order valence-electron chi connectivity index (χ0n) is 12.6. The summed E-state index contributed by atoms with van der Waals surface area (Å²) in [4.78, 5) is 4.27. The van der Waals surface area contributed by atoms with E-state index < -0.39 is 0 Å². The van der Waals surface area contributed by atoms with E-state index in [2.05, 4.69) is 10.3 Å². The maximum absolute atomic E-state index is 9.49. The van der Waals surface area contributed by atoms with Crippen LogP contribution in [-0.2, 0) is 13.2 Å². The third-order valence-electron chi connectivity index (χ3n) is 3.59. The van der Waals surface area contributed by atoms with Gasteiger partial charge in [0.05, 0.1) is 12.3 Å². The SMILES string of the molecule is OCc1cccc(-c2cncc(NCc3cccc(O)c3)c2)c1. The van der Waals surface area contributed by atoms with E-state index in [9.17, 15) is 10.2 Å². The molecular formula is C19H18N2O2. The van der Waals surface area contributed by atoms with E-state index in [1.807, 2.05) is 42.5 Å². The fourth-order valence-electron chi connectivity index (χ4n) is 2.41. The number of benzene rings is 2. The Labute approximate surface area is 135 Å². The van der Waals surface area contributed by atoms with Crippen molar-refractivity contribution in [3.63, 3.8) is 0 Å². The van der Waals surface area contributed by atoms with Crippen molar-refractivity contribution in [2.24, 2.45) is 0 Å². The maximum Gasteiger partial charge on any atom is 0.115 e. The number of phenols is 1. The normalized spacial score (nSPS) is 10.5. The molecule has 116 valence electrons. The lowest BCUT2D eigenvalue weighted by Crippen LogP contribution is -1.99. The highest BCUT2D eigenvalue weighted by Crippen LogP contribution is 2.23. The number of hydrogen-bond donors (Lipinski definition) is 3. The highest BCUT2D eigenvalue weighted by molar-refractivity contribution is 5.67. The number of pyridine rings is 1. The van der Waals surface area contributed by atoms with Crippen molar-refractivity contribution >= 4 is 5.69 Å². The van der Waals surface area contributed by atoms with Crippen molar-refractivity contribution in [2.45, 2.75) is 13.2 Å². The second-order valence-electron chi connectivity index (χ2n) is 5.34. The summed E-state index contributed by atoms with van der Waals surface area (Å²) in [6, 6.07) is 16.9. The lowest BCUT2D eigenvalue weighted by molar-refractivity contribution is 0.282. The Morgan fingerprint density at radius 2 is 1.70 bits per heavy atom. The van der Waals surface area contributed by atoms with E-state index in [0.29, 0.717) is 6.54 Å². The van der Waals surface area contributed by atoms with Gasteiger partial charge in [-0.3, -0.25) is 4.98 Å². The highest BCUT2D eigenvalue weighted by atomic mass is 16.3. The van der Waals surface area contributed by atoms with Crippen LogP contribution in [0.3, 0.4) is 0 Å². The van der Waals surface area contributed by atoms with Gasteiger partial charge in [-0.1, -0.05) is 30.3 Å². The van der Waals surface area contributed by atoms with Gasteiger partial charge in [-0.05, 0) is 41.0 Å². The molecule has 0 radical (unpaired) electrons. The number of aliphatic hydroxyl groups is 1. The first kappa shape index (κ1) is 15.1. The van der Waals surface area contributed by atoms with Crippen molar-refractivity contribution in [1.29, 1.82) is 0 Å². The Kier molecular flexibility index (Phi) is 4.54. The molecule has 3 aromatic rings. The molecule has 0 spiro atoms. The van der Waals surface area contributed by atoms with Gasteiger partial charge in [0, 0.05) is 24.5 Å². The first-order valence-electron chi connectivity index (χ1n) is 7.41. The van der Waals surface area contributed by atoms with Crippen molar-refractivity contribution in [1.82, 2.24) is 4.98 Å². The minimum atomic E-state index is 0.0245. The summed E-state index contributed by atoms with van der Waals surface area (Å²) in [5.41, 5.74) is 4.78. The maximum atomic E-state index is 9.49. The van der Waals surface area contributed by atoms with Crippen LogP contribution < -0.4 is 5.32 Å². The van der Waals surface area contributed by atoms with Crippen LogP contribution in [-0.4, -0.2) is 15.2 Å². The van der Waals surface area contributed by atoms with Crippen molar-refractivity contribution in [3.8, 4) is 16.9 Å². The zero-order valence-corrected chi connectivity index (χ0v) is 12.6. The van der Waals surface area contributed by atoms with E-state index >= 15 is 0 Å². The number of anilines is 1. The quantitative estimate of drug-likeness (QED) is 0.674. The first-order chi connectivity index (χ1) is 11.2. The van der Waals surface area contributed by atoms with Gasteiger partial charge in [-0.25, -0.2) is 0 Å². The second kappa shape index (κ2) is 6.94. The van der Waals surface area contributed by atoms with Gasteiger partial charge >= 0.3 is 0 Å². The topological polar surface area (TPSA) is 65.4 Å². The van der Waals surface area contributed by atoms with Crippen LogP contribution in [0.2, 0.25) is 0 Å². The summed E-state index contributed by atoms with van der Waals surface area (Å²) in [6.07, 6.45) is 3.57. The zero-order chi connectivity index (χ0) is 16.1. The standard InChI is InChI=1S/C19H18N2O2/c22-13-15-4-1-5-16(7-15)17-9-18(12-20-11-17)21-10-14-3-2-6-19(23)8-14/h1-9,11-12,21-23H,10,13H2. The third kappa shape index (κ3) is 3.87. The van der Waals surface area contributed by atoms with E-state index in [0.717, 1.165) is 27.9 Å². The van der Waals surface area contributed by atoms with Crippen molar-refractivity contribution in [2.75, 3.05) is 5.32 Å². The largest absolute Gasteiger partial charge is 0.508 e. The average molecular weight is 306 g/mol. The van der Waals surface area contributed by atoms with Crippen LogP contribution in [0.5, 0.6) is 5.75 Å². The lowest BCUT2D eigenvalue weighted by atomic mass is 10.0. The fourth-order valence-corrected chi connectivity index (χ4v) is 2.41. The molecule has 0 aliphatic rings. The van der Waals surface area contributed by atoms with Gasteiger partial charge in [-0.2, -0.15) is 0 Å². The minimum Gasteiger partial charge on any atom is -0.508 e. The Bertz CT molecular complexity index is 803. The van der Waals surface area contributed by atoms with Crippen molar-refractivity contribution in [3.05, 3.63) is 78.1 Å². The number of aromatic nitrogens is 1. The molecule has 0 saturated carbocycles. The van der Waals surface area contributed by atoms with Gasteiger partial charge in [0.2, 0.25) is 0 Å². The molecule has 2 aromatic carbocycles. The summed E-state index contributed by atoms with van der Waals surface area (Å²) in [6.45, 7) is 0.632. The molecule has 0 fully saturated rings. The molecule has 0 atom stereocenters. The molecule has 0 aliphatic heterocycles. The molecule has 0 bridgehead atoms. The fraction of sp³-hybridized carbons (Fsp3) is 0.105. The number of hydrogen-bond acceptors (Lipinski definition) is 4. The Morgan fingerprint density at radius 1 is 0.870 bits per heavy atom. The molecule has 0 unspecified atom stereocenters. The van der Waals surface area contributed by atoms with Crippen LogP contribution in [0.1, 0.15) is 11.1 Å². The van der Waals surface area contributed by atoms with E-state index in [-0.39, 0.29) is 12.4 Å². The Hall–Kier alpha value is -2.85. The molecule has 3 N–H and O–H groups in total. The van der Waals surface area contributed by atoms with E-state index in [1.165, 1.54) is 0 Å². The van der Waals surface area contributed by atoms with Gasteiger partial charge in [0.25, 0.3) is 0 Å². The monoisotopic (exact) mass is 306 g/mol. The van der Waals surface area contributed by atoms with Gasteiger partial charge < -0.3 is 15.5 Å². The molecule has 23 heavy (non-hydrogen) atoms. The van der Waals surface area contributed by atoms with Gasteiger partial charge in [-0.15, -0.1) is 0 Å².